The van der Waals surface area contributed by atoms with Crippen molar-refractivity contribution in [2.75, 3.05) is 7.11 Å². The van der Waals surface area contributed by atoms with E-state index in [0.717, 1.165) is 11.3 Å². The second-order valence-corrected chi connectivity index (χ2v) is 6.67. The summed E-state index contributed by atoms with van der Waals surface area (Å²) in [7, 11) is 1.70. The number of aromatic amines is 1. The van der Waals surface area contributed by atoms with Crippen LogP contribution in [0.3, 0.4) is 0 Å². The van der Waals surface area contributed by atoms with Gasteiger partial charge in [0, 0.05) is 37.3 Å². The number of ether oxygens (including phenoxy) is 1. The van der Waals surface area contributed by atoms with Gasteiger partial charge >= 0.3 is 0 Å². The molecule has 1 N–H and O–H groups in total. The summed E-state index contributed by atoms with van der Waals surface area (Å²) in [5.74, 6) is 0.872. The molecule has 0 bridgehead atoms. The summed E-state index contributed by atoms with van der Waals surface area (Å²) in [5, 5.41) is 3.88. The zero-order valence-electron chi connectivity index (χ0n) is 13.1. The largest absolute Gasteiger partial charge is 0.497 e. The van der Waals surface area contributed by atoms with E-state index in [0.29, 0.717) is 0 Å². The minimum absolute atomic E-state index is 0.872. The van der Waals surface area contributed by atoms with Gasteiger partial charge in [-0.15, -0.1) is 11.3 Å². The Morgan fingerprint density at radius 2 is 2.00 bits per heavy atom. The molecular weight excluding hydrogens is 302 g/mol. The highest BCUT2D eigenvalue weighted by Crippen LogP contribution is 2.40. The quantitative estimate of drug-likeness (QED) is 0.457. The van der Waals surface area contributed by atoms with Gasteiger partial charge in [-0.2, -0.15) is 0 Å². The first-order valence-corrected chi connectivity index (χ1v) is 8.35. The lowest BCUT2D eigenvalue weighted by atomic mass is 10.0. The fraction of sp³-hybridized carbons (Fsp3) is 0.100. The lowest BCUT2D eigenvalue weighted by Gasteiger charge is -1.99. The zero-order valence-corrected chi connectivity index (χ0v) is 14.0. The molecule has 2 aromatic carbocycles. The highest BCUT2D eigenvalue weighted by atomic mass is 32.1. The van der Waals surface area contributed by atoms with Crippen LogP contribution in [0.4, 0.5) is 0 Å². The fourth-order valence-electron chi connectivity index (χ4n) is 3.17. The standard InChI is InChI=1S/C20H17NOS/c1-4-5-6-17-12(2)19-18(23-17)10-9-15-20(19)14-8-7-13(22-3)11-16(14)21-15/h4-11,21H,1H2,2-3H3/b6-5-. The van der Waals surface area contributed by atoms with Gasteiger partial charge in [-0.25, -0.2) is 0 Å². The van der Waals surface area contributed by atoms with E-state index in [4.69, 9.17) is 4.74 Å². The van der Waals surface area contributed by atoms with Crippen LogP contribution >= 0.6 is 11.3 Å². The summed E-state index contributed by atoms with van der Waals surface area (Å²) in [6.45, 7) is 5.96. The predicted molar refractivity (Wildman–Crippen MR) is 102 cm³/mol. The Balaban J connectivity index is 2.12. The molecule has 0 unspecified atom stereocenters. The molecule has 0 saturated heterocycles. The Kier molecular flexibility index (Phi) is 3.24. The lowest BCUT2D eigenvalue weighted by molar-refractivity contribution is 0.415. The Morgan fingerprint density at radius 1 is 1.13 bits per heavy atom. The molecule has 0 radical (unpaired) electrons. The highest BCUT2D eigenvalue weighted by Gasteiger charge is 2.14. The van der Waals surface area contributed by atoms with Crippen molar-refractivity contribution in [2.45, 2.75) is 6.92 Å². The third-order valence-corrected chi connectivity index (χ3v) is 5.50. The third-order valence-electron chi connectivity index (χ3n) is 4.28. The maximum absolute atomic E-state index is 5.34. The second-order valence-electron chi connectivity index (χ2n) is 5.58. The molecule has 4 rings (SSSR count). The van der Waals surface area contributed by atoms with Crippen molar-refractivity contribution < 1.29 is 4.74 Å². The van der Waals surface area contributed by atoms with E-state index in [-0.39, 0.29) is 0 Å². The number of allylic oxidation sites excluding steroid dienone is 2. The molecule has 0 aliphatic carbocycles. The van der Waals surface area contributed by atoms with Gasteiger partial charge in [0.05, 0.1) is 12.6 Å². The van der Waals surface area contributed by atoms with Crippen LogP contribution in [0.1, 0.15) is 10.4 Å². The van der Waals surface area contributed by atoms with Crippen LogP contribution in [0.25, 0.3) is 38.0 Å². The summed E-state index contributed by atoms with van der Waals surface area (Å²) in [4.78, 5) is 4.80. The SMILES string of the molecule is C=C/C=C\c1sc2ccc3[nH]c4cc(OC)ccc4c3c2c1C. The molecule has 2 aromatic heterocycles. The molecule has 114 valence electrons. The Morgan fingerprint density at radius 3 is 2.78 bits per heavy atom. The van der Waals surface area contributed by atoms with Gasteiger partial charge in [-0.3, -0.25) is 0 Å². The smallest absolute Gasteiger partial charge is 0.120 e. The van der Waals surface area contributed by atoms with Gasteiger partial charge in [0.15, 0.2) is 0 Å². The fourth-order valence-corrected chi connectivity index (χ4v) is 4.31. The van der Waals surface area contributed by atoms with Crippen molar-refractivity contribution in [1.29, 1.82) is 0 Å². The van der Waals surface area contributed by atoms with E-state index in [2.05, 4.69) is 48.8 Å². The van der Waals surface area contributed by atoms with Gasteiger partial charge in [0.1, 0.15) is 5.75 Å². The average Bonchev–Trinajstić information content (AvgIpc) is 3.09. The van der Waals surface area contributed by atoms with Crippen molar-refractivity contribution in [3.05, 3.63) is 59.5 Å². The summed E-state index contributed by atoms with van der Waals surface area (Å²) < 4.78 is 6.66. The van der Waals surface area contributed by atoms with E-state index >= 15 is 0 Å². The van der Waals surface area contributed by atoms with Gasteiger partial charge in [-0.05, 0) is 42.8 Å². The normalized spacial score (nSPS) is 11.9. The molecule has 2 heterocycles. The summed E-state index contributed by atoms with van der Waals surface area (Å²) in [6, 6.07) is 10.6. The van der Waals surface area contributed by atoms with Crippen LogP contribution in [-0.2, 0) is 0 Å². The number of hydrogen-bond donors (Lipinski definition) is 1. The van der Waals surface area contributed by atoms with Crippen LogP contribution in [-0.4, -0.2) is 12.1 Å². The van der Waals surface area contributed by atoms with Crippen molar-refractivity contribution >= 4 is 49.3 Å². The Labute approximate surface area is 138 Å². The molecule has 0 spiro atoms. The van der Waals surface area contributed by atoms with Crippen LogP contribution in [0.15, 0.2) is 49.1 Å². The van der Waals surface area contributed by atoms with Gasteiger partial charge in [0.2, 0.25) is 0 Å². The zero-order chi connectivity index (χ0) is 16.0. The van der Waals surface area contributed by atoms with Crippen molar-refractivity contribution in [1.82, 2.24) is 4.98 Å². The third kappa shape index (κ3) is 2.08. The molecule has 2 nitrogen and oxygen atoms in total. The summed E-state index contributed by atoms with van der Waals surface area (Å²) >= 11 is 1.83. The van der Waals surface area contributed by atoms with Crippen molar-refractivity contribution in [3.8, 4) is 5.75 Å². The monoisotopic (exact) mass is 319 g/mol. The van der Waals surface area contributed by atoms with E-state index < -0.39 is 0 Å². The molecular formula is C20H17NOS. The Hall–Kier alpha value is -2.52. The van der Waals surface area contributed by atoms with E-state index in [1.54, 1.807) is 7.11 Å². The number of aryl methyl sites for hydroxylation is 1. The number of benzene rings is 2. The molecule has 0 saturated carbocycles. The minimum Gasteiger partial charge on any atom is -0.497 e. The number of thiophene rings is 1. The first-order valence-electron chi connectivity index (χ1n) is 7.53. The van der Waals surface area contributed by atoms with Crippen molar-refractivity contribution in [2.24, 2.45) is 0 Å². The van der Waals surface area contributed by atoms with E-state index in [1.807, 2.05) is 29.6 Å². The molecule has 0 aliphatic rings. The maximum atomic E-state index is 5.34. The molecule has 0 fully saturated rings. The first-order chi connectivity index (χ1) is 11.2. The Bertz CT molecular complexity index is 1080. The molecule has 23 heavy (non-hydrogen) atoms. The summed E-state index contributed by atoms with van der Waals surface area (Å²) in [6.07, 6.45) is 5.95. The van der Waals surface area contributed by atoms with Crippen LogP contribution in [0.5, 0.6) is 5.75 Å². The highest BCUT2D eigenvalue weighted by molar-refractivity contribution is 7.20. The molecule has 3 heteroatoms. The number of fused-ring (bicyclic) bond motifs is 5. The maximum Gasteiger partial charge on any atom is 0.120 e. The van der Waals surface area contributed by atoms with Crippen LogP contribution in [0, 0.1) is 6.92 Å². The lowest BCUT2D eigenvalue weighted by Crippen LogP contribution is -1.81. The number of methoxy groups -OCH3 is 1. The first kappa shape index (κ1) is 14.1. The number of rotatable bonds is 3. The minimum atomic E-state index is 0.872. The van der Waals surface area contributed by atoms with E-state index in [9.17, 15) is 0 Å². The molecule has 4 aromatic rings. The summed E-state index contributed by atoms with van der Waals surface area (Å²) in [5.41, 5.74) is 3.60. The topological polar surface area (TPSA) is 25.0 Å². The number of H-pyrrole nitrogens is 1. The van der Waals surface area contributed by atoms with E-state index in [1.165, 1.54) is 36.8 Å². The number of nitrogens with one attached hydrogen (secondary N) is 1. The van der Waals surface area contributed by atoms with Crippen molar-refractivity contribution in [3.63, 3.8) is 0 Å². The molecule has 0 aliphatic heterocycles. The number of hydrogen-bond acceptors (Lipinski definition) is 2. The van der Waals surface area contributed by atoms with Gasteiger partial charge < -0.3 is 9.72 Å². The number of aromatic nitrogens is 1. The average molecular weight is 319 g/mol. The predicted octanol–water partition coefficient (Wildman–Crippen LogP) is 6.05. The van der Waals surface area contributed by atoms with Gasteiger partial charge in [0.25, 0.3) is 0 Å². The van der Waals surface area contributed by atoms with Crippen LogP contribution in [0.2, 0.25) is 0 Å². The second kappa shape index (κ2) is 5.28. The molecule has 0 atom stereocenters. The van der Waals surface area contributed by atoms with Crippen LogP contribution < -0.4 is 4.74 Å². The van der Waals surface area contributed by atoms with Gasteiger partial charge in [-0.1, -0.05) is 18.7 Å². The molecule has 0 amide bonds.